The summed E-state index contributed by atoms with van der Waals surface area (Å²) in [7, 11) is 0. The van der Waals surface area contributed by atoms with E-state index in [1.54, 1.807) is 0 Å². The van der Waals surface area contributed by atoms with Crippen LogP contribution in [0.4, 0.5) is 5.69 Å². The first kappa shape index (κ1) is 12.5. The maximum absolute atomic E-state index is 12.6. The van der Waals surface area contributed by atoms with Crippen LogP contribution in [0.5, 0.6) is 5.75 Å². The lowest BCUT2D eigenvalue weighted by molar-refractivity contribution is -0.128. The van der Waals surface area contributed by atoms with Gasteiger partial charge in [0.25, 0.3) is 5.91 Å². The Labute approximate surface area is 113 Å². The van der Waals surface area contributed by atoms with Crippen molar-refractivity contribution in [3.8, 4) is 5.75 Å². The number of ether oxygens (including phenoxy) is 2. The van der Waals surface area contributed by atoms with E-state index in [0.29, 0.717) is 13.2 Å². The molecule has 1 aromatic carbocycles. The molecule has 0 aromatic heterocycles. The van der Waals surface area contributed by atoms with Crippen LogP contribution in [0.1, 0.15) is 26.7 Å². The predicted octanol–water partition coefficient (Wildman–Crippen LogP) is 2.37. The molecule has 0 radical (unpaired) electrons. The quantitative estimate of drug-likeness (QED) is 0.779. The van der Waals surface area contributed by atoms with E-state index in [1.807, 2.05) is 43.0 Å². The van der Waals surface area contributed by atoms with Gasteiger partial charge < -0.3 is 14.4 Å². The molecule has 4 nitrogen and oxygen atoms in total. The second-order valence-electron chi connectivity index (χ2n) is 5.76. The Bertz CT molecular complexity index is 492. The van der Waals surface area contributed by atoms with Crippen molar-refractivity contribution in [2.75, 3.05) is 18.1 Å². The van der Waals surface area contributed by atoms with Crippen LogP contribution in [-0.2, 0) is 9.53 Å². The fourth-order valence-corrected chi connectivity index (χ4v) is 2.71. The van der Waals surface area contributed by atoms with Crippen molar-refractivity contribution in [2.45, 2.75) is 38.4 Å². The summed E-state index contributed by atoms with van der Waals surface area (Å²) in [6.07, 6.45) is 1.49. The second kappa shape index (κ2) is 4.53. The van der Waals surface area contributed by atoms with E-state index in [0.717, 1.165) is 24.3 Å². The molecule has 2 heterocycles. The second-order valence-corrected chi connectivity index (χ2v) is 5.76. The van der Waals surface area contributed by atoms with Gasteiger partial charge in [-0.05, 0) is 38.8 Å². The van der Waals surface area contributed by atoms with Gasteiger partial charge in [-0.15, -0.1) is 0 Å². The van der Waals surface area contributed by atoms with Crippen molar-refractivity contribution < 1.29 is 14.3 Å². The minimum absolute atomic E-state index is 0.0568. The highest BCUT2D eigenvalue weighted by atomic mass is 16.5. The highest BCUT2D eigenvalue weighted by Gasteiger charge is 2.38. The van der Waals surface area contributed by atoms with E-state index in [1.165, 1.54) is 0 Å². The van der Waals surface area contributed by atoms with Gasteiger partial charge in [-0.3, -0.25) is 4.79 Å². The standard InChI is InChI=1S/C15H19NO3/c1-15(2)10-16(14(17)13-8-5-9-18-13)11-6-3-4-7-12(11)19-15/h3-4,6-7,13H,5,8-10H2,1-2H3. The van der Waals surface area contributed by atoms with Crippen LogP contribution < -0.4 is 9.64 Å². The van der Waals surface area contributed by atoms with E-state index in [4.69, 9.17) is 9.47 Å². The van der Waals surface area contributed by atoms with Crippen molar-refractivity contribution in [3.05, 3.63) is 24.3 Å². The summed E-state index contributed by atoms with van der Waals surface area (Å²) in [4.78, 5) is 14.4. The van der Waals surface area contributed by atoms with E-state index in [-0.39, 0.29) is 17.6 Å². The van der Waals surface area contributed by atoms with Gasteiger partial charge in [0.2, 0.25) is 0 Å². The summed E-state index contributed by atoms with van der Waals surface area (Å²) in [5, 5.41) is 0. The molecule has 102 valence electrons. The molecule has 1 fully saturated rings. The average molecular weight is 261 g/mol. The molecule has 1 aromatic rings. The van der Waals surface area contributed by atoms with Crippen molar-refractivity contribution in [3.63, 3.8) is 0 Å². The Morgan fingerprint density at radius 3 is 2.89 bits per heavy atom. The smallest absolute Gasteiger partial charge is 0.256 e. The maximum Gasteiger partial charge on any atom is 0.256 e. The molecule has 0 saturated carbocycles. The lowest BCUT2D eigenvalue weighted by atomic mass is 10.0. The molecule has 4 heteroatoms. The van der Waals surface area contributed by atoms with E-state index >= 15 is 0 Å². The molecule has 0 bridgehead atoms. The molecule has 19 heavy (non-hydrogen) atoms. The molecule has 0 aliphatic carbocycles. The fourth-order valence-electron chi connectivity index (χ4n) is 2.71. The summed E-state index contributed by atoms with van der Waals surface area (Å²) in [5.41, 5.74) is 0.477. The first-order valence-corrected chi connectivity index (χ1v) is 6.78. The maximum atomic E-state index is 12.6. The fraction of sp³-hybridized carbons (Fsp3) is 0.533. The summed E-state index contributed by atoms with van der Waals surface area (Å²) in [5.74, 6) is 0.825. The summed E-state index contributed by atoms with van der Waals surface area (Å²) in [6, 6.07) is 7.69. The number of para-hydroxylation sites is 2. The van der Waals surface area contributed by atoms with Crippen LogP contribution in [-0.4, -0.2) is 30.8 Å². The van der Waals surface area contributed by atoms with Gasteiger partial charge in [-0.2, -0.15) is 0 Å². The van der Waals surface area contributed by atoms with Crippen LogP contribution in [0.25, 0.3) is 0 Å². The van der Waals surface area contributed by atoms with Gasteiger partial charge in [-0.25, -0.2) is 0 Å². The van der Waals surface area contributed by atoms with Gasteiger partial charge in [-0.1, -0.05) is 12.1 Å². The molecule has 0 spiro atoms. The number of fused-ring (bicyclic) bond motifs is 1. The highest BCUT2D eigenvalue weighted by Crippen LogP contribution is 2.37. The van der Waals surface area contributed by atoms with Gasteiger partial charge in [0.1, 0.15) is 17.5 Å². The van der Waals surface area contributed by atoms with Crippen molar-refractivity contribution in [1.29, 1.82) is 0 Å². The Kier molecular flexibility index (Phi) is 2.97. The number of carbonyl (C=O) groups excluding carboxylic acids is 1. The number of rotatable bonds is 1. The van der Waals surface area contributed by atoms with E-state index in [2.05, 4.69) is 0 Å². The Morgan fingerprint density at radius 1 is 1.37 bits per heavy atom. The van der Waals surface area contributed by atoms with Crippen molar-refractivity contribution >= 4 is 11.6 Å². The number of nitrogens with zero attached hydrogens (tertiary/aromatic N) is 1. The summed E-state index contributed by atoms with van der Waals surface area (Å²) in [6.45, 7) is 5.24. The Balaban J connectivity index is 1.93. The number of benzene rings is 1. The number of hydrogen-bond donors (Lipinski definition) is 0. The Morgan fingerprint density at radius 2 is 2.16 bits per heavy atom. The summed E-state index contributed by atoms with van der Waals surface area (Å²) < 4.78 is 11.4. The van der Waals surface area contributed by atoms with Gasteiger partial charge in [0.15, 0.2) is 0 Å². The lowest BCUT2D eigenvalue weighted by Crippen LogP contribution is -2.52. The van der Waals surface area contributed by atoms with Crippen LogP contribution in [0.3, 0.4) is 0 Å². The molecule has 1 saturated heterocycles. The molecule has 1 atom stereocenters. The number of hydrogen-bond acceptors (Lipinski definition) is 3. The highest BCUT2D eigenvalue weighted by molar-refractivity contribution is 5.98. The molecular weight excluding hydrogens is 242 g/mol. The normalized spacial score (nSPS) is 24.7. The van der Waals surface area contributed by atoms with Crippen LogP contribution >= 0.6 is 0 Å². The largest absolute Gasteiger partial charge is 0.484 e. The molecular formula is C15H19NO3. The zero-order valence-electron chi connectivity index (χ0n) is 11.4. The monoisotopic (exact) mass is 261 g/mol. The summed E-state index contributed by atoms with van der Waals surface area (Å²) >= 11 is 0. The first-order valence-electron chi connectivity index (χ1n) is 6.78. The van der Waals surface area contributed by atoms with Gasteiger partial charge >= 0.3 is 0 Å². The van der Waals surface area contributed by atoms with Crippen molar-refractivity contribution in [1.82, 2.24) is 0 Å². The SMILES string of the molecule is CC1(C)CN(C(=O)C2CCCO2)c2ccccc2O1. The zero-order chi connectivity index (χ0) is 13.5. The average Bonchev–Trinajstić information content (AvgIpc) is 2.89. The molecule has 2 aliphatic rings. The molecule has 2 aliphatic heterocycles. The molecule has 3 rings (SSSR count). The number of carbonyl (C=O) groups is 1. The minimum Gasteiger partial charge on any atom is -0.484 e. The van der Waals surface area contributed by atoms with E-state index < -0.39 is 0 Å². The first-order chi connectivity index (χ1) is 9.07. The number of anilines is 1. The molecule has 1 unspecified atom stereocenters. The molecule has 0 N–H and O–H groups in total. The predicted molar refractivity (Wildman–Crippen MR) is 72.5 cm³/mol. The van der Waals surface area contributed by atoms with Crippen LogP contribution in [0.15, 0.2) is 24.3 Å². The van der Waals surface area contributed by atoms with Crippen LogP contribution in [0, 0.1) is 0 Å². The third-order valence-corrected chi connectivity index (χ3v) is 3.55. The Hall–Kier alpha value is -1.55. The van der Waals surface area contributed by atoms with Gasteiger partial charge in [0.05, 0.1) is 12.2 Å². The van der Waals surface area contributed by atoms with Crippen molar-refractivity contribution in [2.24, 2.45) is 0 Å². The zero-order valence-corrected chi connectivity index (χ0v) is 11.4. The van der Waals surface area contributed by atoms with Crippen LogP contribution in [0.2, 0.25) is 0 Å². The minimum atomic E-state index is -0.372. The third-order valence-electron chi connectivity index (χ3n) is 3.55. The molecule has 1 amide bonds. The third kappa shape index (κ3) is 2.32. The topological polar surface area (TPSA) is 38.8 Å². The van der Waals surface area contributed by atoms with Gasteiger partial charge in [0, 0.05) is 6.61 Å². The lowest BCUT2D eigenvalue weighted by Gasteiger charge is -2.40. The van der Waals surface area contributed by atoms with E-state index in [9.17, 15) is 4.79 Å². The number of amides is 1.